The van der Waals surface area contributed by atoms with Gasteiger partial charge in [-0.15, -0.1) is 0 Å². The highest BCUT2D eigenvalue weighted by Gasteiger charge is 2.37. The Hall–Kier alpha value is -3.50. The molecule has 0 atom stereocenters. The molecular weight excluding hydrogens is 490 g/mol. The van der Waals surface area contributed by atoms with Crippen molar-refractivity contribution in [3.63, 3.8) is 0 Å². The molecule has 0 unspecified atom stereocenters. The second-order valence-electron chi connectivity index (χ2n) is 8.11. The molecule has 0 saturated heterocycles. The molecular formula is C25H24F6N2O3. The van der Waals surface area contributed by atoms with Gasteiger partial charge in [0.25, 0.3) is 0 Å². The molecule has 3 rings (SSSR count). The number of rotatable bonds is 5. The van der Waals surface area contributed by atoms with Gasteiger partial charge in [-0.1, -0.05) is 30.3 Å². The second-order valence-corrected chi connectivity index (χ2v) is 8.11. The van der Waals surface area contributed by atoms with Gasteiger partial charge in [0.2, 0.25) is 5.91 Å². The van der Waals surface area contributed by atoms with Crippen LogP contribution in [0.3, 0.4) is 0 Å². The lowest BCUT2D eigenvalue weighted by Gasteiger charge is -2.19. The quantitative estimate of drug-likeness (QED) is 0.495. The fourth-order valence-electron chi connectivity index (χ4n) is 3.92. The Bertz CT molecular complexity index is 1090. The van der Waals surface area contributed by atoms with Crippen molar-refractivity contribution in [2.24, 2.45) is 0 Å². The maximum atomic E-state index is 13.2. The van der Waals surface area contributed by atoms with Crippen molar-refractivity contribution in [2.75, 3.05) is 19.7 Å². The van der Waals surface area contributed by atoms with Crippen LogP contribution >= 0.6 is 0 Å². The van der Waals surface area contributed by atoms with Crippen molar-refractivity contribution >= 4 is 17.6 Å². The van der Waals surface area contributed by atoms with Gasteiger partial charge < -0.3 is 15.0 Å². The summed E-state index contributed by atoms with van der Waals surface area (Å²) in [5.74, 6) is -0.634. The minimum Gasteiger partial charge on any atom is -0.450 e. The van der Waals surface area contributed by atoms with Gasteiger partial charge in [0.15, 0.2) is 0 Å². The Kier molecular flexibility index (Phi) is 8.31. The maximum absolute atomic E-state index is 13.2. The van der Waals surface area contributed by atoms with E-state index in [0.29, 0.717) is 29.7 Å². The fourth-order valence-corrected chi connectivity index (χ4v) is 3.92. The molecule has 11 heteroatoms. The van der Waals surface area contributed by atoms with Gasteiger partial charge in [-0.05, 0) is 54.7 Å². The van der Waals surface area contributed by atoms with Crippen molar-refractivity contribution in [2.45, 2.75) is 38.7 Å². The Balaban J connectivity index is 1.88. The molecule has 0 aliphatic carbocycles. The molecule has 0 fully saturated rings. The SMILES string of the molecule is CCOC(=O)N1CCC(C(=O)NCc2cc(C(F)(F)F)cc(C(F)(F)F)c2)=C(c2ccccc2)CC1. The van der Waals surface area contributed by atoms with E-state index in [1.54, 1.807) is 37.3 Å². The number of nitrogens with one attached hydrogen (secondary N) is 1. The average molecular weight is 514 g/mol. The Morgan fingerprint density at radius 1 is 0.917 bits per heavy atom. The van der Waals surface area contributed by atoms with E-state index in [-0.39, 0.29) is 37.7 Å². The summed E-state index contributed by atoms with van der Waals surface area (Å²) in [5.41, 5.74) is -1.58. The zero-order valence-corrected chi connectivity index (χ0v) is 19.3. The number of carbonyl (C=O) groups excluding carboxylic acids is 2. The Labute approximate surface area is 203 Å². The fraction of sp³-hybridized carbons (Fsp3) is 0.360. The highest BCUT2D eigenvalue weighted by Crippen LogP contribution is 2.36. The predicted octanol–water partition coefficient (Wildman–Crippen LogP) is 6.05. The minimum absolute atomic E-state index is 0.0383. The van der Waals surface area contributed by atoms with E-state index in [0.717, 1.165) is 5.56 Å². The van der Waals surface area contributed by atoms with Gasteiger partial charge >= 0.3 is 18.4 Å². The minimum atomic E-state index is -4.99. The van der Waals surface area contributed by atoms with Crippen molar-refractivity contribution in [1.29, 1.82) is 0 Å². The Morgan fingerprint density at radius 2 is 1.50 bits per heavy atom. The maximum Gasteiger partial charge on any atom is 0.416 e. The lowest BCUT2D eigenvalue weighted by Crippen LogP contribution is -2.33. The Morgan fingerprint density at radius 3 is 2.06 bits per heavy atom. The van der Waals surface area contributed by atoms with E-state index in [4.69, 9.17) is 4.74 Å². The smallest absolute Gasteiger partial charge is 0.416 e. The third-order valence-electron chi connectivity index (χ3n) is 5.65. The highest BCUT2D eigenvalue weighted by molar-refractivity contribution is 6.01. The first-order valence-electron chi connectivity index (χ1n) is 11.2. The molecule has 1 aliphatic rings. The van der Waals surface area contributed by atoms with Crippen LogP contribution < -0.4 is 5.32 Å². The van der Waals surface area contributed by atoms with Crippen molar-refractivity contribution < 1.29 is 40.7 Å². The van der Waals surface area contributed by atoms with E-state index in [1.807, 2.05) is 0 Å². The van der Waals surface area contributed by atoms with Gasteiger partial charge in [0.1, 0.15) is 0 Å². The van der Waals surface area contributed by atoms with Gasteiger partial charge in [-0.2, -0.15) is 26.3 Å². The van der Waals surface area contributed by atoms with Crippen LogP contribution in [0.2, 0.25) is 0 Å². The molecule has 2 aromatic carbocycles. The molecule has 1 heterocycles. The molecule has 0 bridgehead atoms. The number of carbonyl (C=O) groups is 2. The first-order chi connectivity index (χ1) is 16.9. The topological polar surface area (TPSA) is 58.6 Å². The summed E-state index contributed by atoms with van der Waals surface area (Å²) in [5, 5.41) is 2.46. The third kappa shape index (κ3) is 6.79. The van der Waals surface area contributed by atoms with E-state index in [9.17, 15) is 35.9 Å². The summed E-state index contributed by atoms with van der Waals surface area (Å²) in [6.07, 6.45) is -10.1. The van der Waals surface area contributed by atoms with Crippen LogP contribution in [0.5, 0.6) is 0 Å². The summed E-state index contributed by atoms with van der Waals surface area (Å²) in [6, 6.07) is 10.1. The number of nitrogens with zero attached hydrogens (tertiary/aromatic N) is 1. The van der Waals surface area contributed by atoms with Crippen LogP contribution in [0.1, 0.15) is 42.0 Å². The first kappa shape index (κ1) is 27.1. The van der Waals surface area contributed by atoms with Crippen LogP contribution in [0.4, 0.5) is 31.1 Å². The van der Waals surface area contributed by atoms with Crippen LogP contribution in [0, 0.1) is 0 Å². The number of hydrogen-bond donors (Lipinski definition) is 1. The molecule has 5 nitrogen and oxygen atoms in total. The molecule has 1 aliphatic heterocycles. The lowest BCUT2D eigenvalue weighted by atomic mass is 9.95. The summed E-state index contributed by atoms with van der Waals surface area (Å²) in [7, 11) is 0. The molecule has 194 valence electrons. The molecule has 1 N–H and O–H groups in total. The van der Waals surface area contributed by atoms with Crippen molar-refractivity contribution in [1.82, 2.24) is 10.2 Å². The van der Waals surface area contributed by atoms with E-state index < -0.39 is 42.0 Å². The zero-order valence-electron chi connectivity index (χ0n) is 19.3. The van der Waals surface area contributed by atoms with Gasteiger partial charge in [0.05, 0.1) is 17.7 Å². The highest BCUT2D eigenvalue weighted by atomic mass is 19.4. The van der Waals surface area contributed by atoms with Gasteiger partial charge in [-0.3, -0.25) is 4.79 Å². The molecule has 2 amide bonds. The molecule has 0 aromatic heterocycles. The number of benzene rings is 2. The average Bonchev–Trinajstić information content (AvgIpc) is 3.05. The monoisotopic (exact) mass is 514 g/mol. The number of alkyl halides is 6. The molecule has 0 spiro atoms. The van der Waals surface area contributed by atoms with Crippen molar-refractivity contribution in [3.8, 4) is 0 Å². The van der Waals surface area contributed by atoms with E-state index in [2.05, 4.69) is 5.32 Å². The lowest BCUT2D eigenvalue weighted by molar-refractivity contribution is -0.143. The van der Waals surface area contributed by atoms with Gasteiger partial charge in [-0.25, -0.2) is 4.79 Å². The zero-order chi connectivity index (χ0) is 26.5. The molecule has 36 heavy (non-hydrogen) atoms. The normalized spacial score (nSPS) is 14.9. The first-order valence-corrected chi connectivity index (χ1v) is 11.2. The second kappa shape index (κ2) is 11.0. The number of hydrogen-bond acceptors (Lipinski definition) is 3. The third-order valence-corrected chi connectivity index (χ3v) is 5.65. The summed E-state index contributed by atoms with van der Waals surface area (Å²) in [4.78, 5) is 26.8. The van der Waals surface area contributed by atoms with Crippen LogP contribution in [0.15, 0.2) is 54.1 Å². The summed E-state index contributed by atoms with van der Waals surface area (Å²) >= 11 is 0. The van der Waals surface area contributed by atoms with Crippen LogP contribution in [0.25, 0.3) is 5.57 Å². The van der Waals surface area contributed by atoms with E-state index in [1.165, 1.54) is 4.90 Å². The van der Waals surface area contributed by atoms with E-state index >= 15 is 0 Å². The predicted molar refractivity (Wildman–Crippen MR) is 119 cm³/mol. The van der Waals surface area contributed by atoms with Crippen LogP contribution in [-0.2, 0) is 28.4 Å². The number of ether oxygens (including phenoxy) is 1. The standard InChI is InChI=1S/C25H24F6N2O3/c1-2-36-23(35)33-10-8-20(17-6-4-3-5-7-17)21(9-11-33)22(34)32-15-16-12-18(24(26,27)28)14-19(13-16)25(29,30)31/h3-7,12-14H,2,8-11,15H2,1H3,(H,32,34). The summed E-state index contributed by atoms with van der Waals surface area (Å²) in [6.45, 7) is 1.75. The summed E-state index contributed by atoms with van der Waals surface area (Å²) < 4.78 is 84.0. The molecule has 2 aromatic rings. The van der Waals surface area contributed by atoms with Crippen molar-refractivity contribution in [3.05, 3.63) is 76.4 Å². The molecule has 0 saturated carbocycles. The van der Waals surface area contributed by atoms with Gasteiger partial charge in [0, 0.05) is 25.2 Å². The number of amides is 2. The largest absolute Gasteiger partial charge is 0.450 e. The number of halogens is 6. The van der Waals surface area contributed by atoms with Crippen LogP contribution in [-0.4, -0.2) is 36.6 Å². The molecule has 0 radical (unpaired) electrons.